The van der Waals surface area contributed by atoms with E-state index in [0.717, 1.165) is 11.8 Å². The number of halogens is 3. The van der Waals surface area contributed by atoms with Gasteiger partial charge in [0.1, 0.15) is 23.3 Å². The van der Waals surface area contributed by atoms with Crippen molar-refractivity contribution in [2.75, 3.05) is 19.5 Å². The van der Waals surface area contributed by atoms with Gasteiger partial charge in [-0.3, -0.25) is 9.36 Å². The molecule has 6 nitrogen and oxygen atoms in total. The smallest absolute Gasteiger partial charge is 0.256 e. The quantitative estimate of drug-likeness (QED) is 0.308. The second-order valence-electron chi connectivity index (χ2n) is 7.25. The summed E-state index contributed by atoms with van der Waals surface area (Å²) in [5, 5.41) is 3.13. The van der Waals surface area contributed by atoms with Crippen molar-refractivity contribution in [1.29, 1.82) is 0 Å². The minimum Gasteiger partial charge on any atom is -0.493 e. The number of imidazole rings is 1. The van der Waals surface area contributed by atoms with E-state index < -0.39 is 23.4 Å². The normalized spacial score (nSPS) is 10.8. The number of benzene rings is 3. The average Bonchev–Trinajstić information content (AvgIpc) is 3.25. The van der Waals surface area contributed by atoms with E-state index in [0.29, 0.717) is 27.9 Å². The molecule has 1 heterocycles. The van der Waals surface area contributed by atoms with Crippen molar-refractivity contribution in [2.45, 2.75) is 10.9 Å². The van der Waals surface area contributed by atoms with E-state index in [-0.39, 0.29) is 17.1 Å². The van der Waals surface area contributed by atoms with E-state index in [1.165, 1.54) is 68.9 Å². The lowest BCUT2D eigenvalue weighted by atomic mass is 10.2. The predicted octanol–water partition coefficient (Wildman–Crippen LogP) is 5.85. The van der Waals surface area contributed by atoms with Crippen molar-refractivity contribution in [3.05, 3.63) is 95.4 Å². The number of carbonyl (C=O) groups is 1. The van der Waals surface area contributed by atoms with E-state index in [1.54, 1.807) is 16.7 Å². The molecule has 0 atom stereocenters. The molecule has 3 aromatic carbocycles. The summed E-state index contributed by atoms with van der Waals surface area (Å²) < 4.78 is 53.8. The molecule has 0 saturated heterocycles. The molecule has 1 aromatic heterocycles. The van der Waals surface area contributed by atoms with Crippen molar-refractivity contribution in [3.63, 3.8) is 0 Å². The molecule has 0 fully saturated rings. The fourth-order valence-electron chi connectivity index (χ4n) is 3.34. The third kappa shape index (κ3) is 5.27. The van der Waals surface area contributed by atoms with Crippen molar-refractivity contribution in [3.8, 4) is 17.2 Å². The highest BCUT2D eigenvalue weighted by atomic mass is 32.2. The summed E-state index contributed by atoms with van der Waals surface area (Å²) >= 11 is 1.07. The van der Waals surface area contributed by atoms with Crippen LogP contribution in [0.3, 0.4) is 0 Å². The van der Waals surface area contributed by atoms with Gasteiger partial charge in [0.25, 0.3) is 5.91 Å². The Kier molecular flexibility index (Phi) is 7.31. The van der Waals surface area contributed by atoms with Gasteiger partial charge in [0.2, 0.25) is 0 Å². The zero-order valence-corrected chi connectivity index (χ0v) is 19.5. The van der Waals surface area contributed by atoms with Crippen LogP contribution in [-0.4, -0.2) is 29.7 Å². The molecule has 0 unspecified atom stereocenters. The fourth-order valence-corrected chi connectivity index (χ4v) is 4.35. The van der Waals surface area contributed by atoms with Gasteiger partial charge in [0, 0.05) is 22.6 Å². The molecule has 4 rings (SSSR count). The Bertz CT molecular complexity index is 1340. The Morgan fingerprint density at radius 2 is 1.66 bits per heavy atom. The Hall–Kier alpha value is -3.92. The lowest BCUT2D eigenvalue weighted by Crippen LogP contribution is -2.15. The fraction of sp³-hybridized carbons (Fsp3) is 0.120. The van der Waals surface area contributed by atoms with Gasteiger partial charge in [-0.05, 0) is 54.6 Å². The van der Waals surface area contributed by atoms with E-state index >= 15 is 0 Å². The first-order chi connectivity index (χ1) is 16.9. The Morgan fingerprint density at radius 1 is 0.971 bits per heavy atom. The summed E-state index contributed by atoms with van der Waals surface area (Å²) in [4.78, 5) is 17.3. The Morgan fingerprint density at radius 3 is 2.31 bits per heavy atom. The topological polar surface area (TPSA) is 65.4 Å². The molecule has 1 amide bonds. The molecule has 0 aliphatic rings. The molecule has 180 valence electrons. The minimum absolute atomic E-state index is 0.0419. The molecular formula is C25H20F3N3O3S. The molecule has 0 spiro atoms. The number of rotatable bonds is 8. The molecule has 0 saturated carbocycles. The third-order valence-electron chi connectivity index (χ3n) is 5.11. The molecule has 35 heavy (non-hydrogen) atoms. The number of ether oxygens (including phenoxy) is 2. The van der Waals surface area contributed by atoms with Crippen LogP contribution in [0.4, 0.5) is 19.0 Å². The van der Waals surface area contributed by atoms with Crippen molar-refractivity contribution < 1.29 is 27.4 Å². The van der Waals surface area contributed by atoms with Crippen LogP contribution in [-0.2, 0) is 5.75 Å². The molecule has 0 aliphatic carbocycles. The summed E-state index contributed by atoms with van der Waals surface area (Å²) in [5.74, 6) is -1.13. The highest BCUT2D eigenvalue weighted by molar-refractivity contribution is 7.98. The second kappa shape index (κ2) is 10.6. The second-order valence-corrected chi connectivity index (χ2v) is 8.19. The maximum atomic E-state index is 14.1. The highest BCUT2D eigenvalue weighted by Crippen LogP contribution is 2.31. The average molecular weight is 500 g/mol. The number of amides is 1. The number of methoxy groups -OCH3 is 2. The first-order valence-electron chi connectivity index (χ1n) is 10.3. The maximum absolute atomic E-state index is 14.1. The third-order valence-corrected chi connectivity index (χ3v) is 6.09. The van der Waals surface area contributed by atoms with Crippen LogP contribution >= 0.6 is 11.8 Å². The highest BCUT2D eigenvalue weighted by Gasteiger charge is 2.18. The number of thioether (sulfide) groups is 1. The molecule has 4 aromatic rings. The first-order valence-corrected chi connectivity index (χ1v) is 11.3. The maximum Gasteiger partial charge on any atom is 0.256 e. The number of carbonyl (C=O) groups excluding carboxylic acids is 1. The number of nitrogens with zero attached hydrogens (tertiary/aromatic N) is 2. The zero-order chi connectivity index (χ0) is 24.9. The monoisotopic (exact) mass is 499 g/mol. The summed E-state index contributed by atoms with van der Waals surface area (Å²) in [5.41, 5.74) is 0.710. The summed E-state index contributed by atoms with van der Waals surface area (Å²) in [7, 11) is 2.95. The predicted molar refractivity (Wildman–Crippen MR) is 127 cm³/mol. The van der Waals surface area contributed by atoms with Gasteiger partial charge in [-0.2, -0.15) is 0 Å². The van der Waals surface area contributed by atoms with Crippen LogP contribution in [0.15, 0.2) is 72.0 Å². The molecule has 10 heteroatoms. The standard InChI is InChI=1S/C25H20F3N3O3S/c1-33-21-11-6-15(12-22(21)34-2)24(32)30-23-13-29-25(31(23)17-9-7-16(26)8-10-17)35-14-18-19(27)4-3-5-20(18)28/h3-13H,14H2,1-2H3,(H,30,32). The number of hydrogen-bond acceptors (Lipinski definition) is 5. The van der Waals surface area contributed by atoms with Gasteiger partial charge in [0.15, 0.2) is 16.7 Å². The van der Waals surface area contributed by atoms with Crippen LogP contribution < -0.4 is 14.8 Å². The lowest BCUT2D eigenvalue weighted by Gasteiger charge is -2.14. The molecule has 0 aliphatic heterocycles. The zero-order valence-electron chi connectivity index (χ0n) is 18.7. The molecule has 0 bridgehead atoms. The van der Waals surface area contributed by atoms with Gasteiger partial charge >= 0.3 is 0 Å². The summed E-state index contributed by atoms with van der Waals surface area (Å²) in [6, 6.07) is 13.9. The lowest BCUT2D eigenvalue weighted by molar-refractivity contribution is 0.102. The van der Waals surface area contributed by atoms with E-state index in [9.17, 15) is 18.0 Å². The van der Waals surface area contributed by atoms with Crippen molar-refractivity contribution in [1.82, 2.24) is 9.55 Å². The number of anilines is 1. The number of nitrogens with one attached hydrogen (secondary N) is 1. The van der Waals surface area contributed by atoms with E-state index in [1.807, 2.05) is 0 Å². The SMILES string of the molecule is COc1ccc(C(=O)Nc2cnc(SCc3c(F)cccc3F)n2-c2ccc(F)cc2)cc1OC. The Labute approximate surface area is 203 Å². The van der Waals surface area contributed by atoms with Gasteiger partial charge in [0.05, 0.1) is 20.4 Å². The van der Waals surface area contributed by atoms with Crippen LogP contribution in [0.1, 0.15) is 15.9 Å². The summed E-state index contributed by atoms with van der Waals surface area (Å²) in [6.45, 7) is 0. The number of aromatic nitrogens is 2. The first kappa shape index (κ1) is 24.2. The summed E-state index contributed by atoms with van der Waals surface area (Å²) in [6.07, 6.45) is 1.42. The molecule has 0 radical (unpaired) electrons. The molecular weight excluding hydrogens is 479 g/mol. The van der Waals surface area contributed by atoms with E-state index in [4.69, 9.17) is 9.47 Å². The van der Waals surface area contributed by atoms with Crippen LogP contribution in [0.2, 0.25) is 0 Å². The van der Waals surface area contributed by atoms with Crippen molar-refractivity contribution >= 4 is 23.5 Å². The largest absolute Gasteiger partial charge is 0.493 e. The van der Waals surface area contributed by atoms with Gasteiger partial charge in [-0.25, -0.2) is 18.2 Å². The van der Waals surface area contributed by atoms with Gasteiger partial charge < -0.3 is 14.8 Å². The van der Waals surface area contributed by atoms with E-state index in [2.05, 4.69) is 10.3 Å². The van der Waals surface area contributed by atoms with Crippen LogP contribution in [0.25, 0.3) is 5.69 Å². The number of hydrogen-bond donors (Lipinski definition) is 1. The van der Waals surface area contributed by atoms with Gasteiger partial charge in [-0.15, -0.1) is 0 Å². The van der Waals surface area contributed by atoms with Crippen LogP contribution in [0.5, 0.6) is 11.5 Å². The van der Waals surface area contributed by atoms with Crippen molar-refractivity contribution in [2.24, 2.45) is 0 Å². The Balaban J connectivity index is 1.66. The van der Waals surface area contributed by atoms with Crippen LogP contribution in [0, 0.1) is 17.5 Å². The van der Waals surface area contributed by atoms with Gasteiger partial charge in [-0.1, -0.05) is 17.8 Å². The molecule has 1 N–H and O–H groups in total. The minimum atomic E-state index is -0.667.